The highest BCUT2D eigenvalue weighted by Gasteiger charge is 2.16. The zero-order valence-electron chi connectivity index (χ0n) is 15.8. The largest absolute Gasteiger partial charge is 0.411 e. The number of aromatic nitrogens is 4. The highest BCUT2D eigenvalue weighted by atomic mass is 32.2. The van der Waals surface area contributed by atoms with Gasteiger partial charge in [-0.05, 0) is 48.9 Å². The summed E-state index contributed by atoms with van der Waals surface area (Å²) in [6, 6.07) is 18.6. The predicted molar refractivity (Wildman–Crippen MR) is 116 cm³/mol. The van der Waals surface area contributed by atoms with Crippen molar-refractivity contribution in [1.82, 2.24) is 20.2 Å². The summed E-state index contributed by atoms with van der Waals surface area (Å²) in [7, 11) is 0. The summed E-state index contributed by atoms with van der Waals surface area (Å²) >= 11 is 3.04. The van der Waals surface area contributed by atoms with Gasteiger partial charge in [-0.1, -0.05) is 48.0 Å². The van der Waals surface area contributed by atoms with E-state index in [0.717, 1.165) is 31.2 Å². The van der Waals surface area contributed by atoms with Crippen molar-refractivity contribution >= 4 is 33.3 Å². The van der Waals surface area contributed by atoms with Gasteiger partial charge in [-0.3, -0.25) is 0 Å². The van der Waals surface area contributed by atoms with Crippen LogP contribution < -0.4 is 0 Å². The van der Waals surface area contributed by atoms with Crippen LogP contribution >= 0.6 is 23.1 Å². The fourth-order valence-electron chi connectivity index (χ4n) is 3.02. The second-order valence-electron chi connectivity index (χ2n) is 6.66. The molecular formula is C22H16N4OS2. The Hall–Kier alpha value is -3.03. The van der Waals surface area contributed by atoms with Crippen molar-refractivity contribution in [2.45, 2.75) is 24.1 Å². The molecule has 0 aliphatic heterocycles. The summed E-state index contributed by atoms with van der Waals surface area (Å²) < 4.78 is 6.91. The smallest absolute Gasteiger partial charge is 0.283 e. The van der Waals surface area contributed by atoms with Crippen molar-refractivity contribution in [3.8, 4) is 21.9 Å². The number of hydrogen-bond donors (Lipinski definition) is 0. The average molecular weight is 417 g/mol. The number of benzene rings is 2. The van der Waals surface area contributed by atoms with Gasteiger partial charge in [-0.2, -0.15) is 0 Å². The van der Waals surface area contributed by atoms with E-state index >= 15 is 0 Å². The van der Waals surface area contributed by atoms with Crippen molar-refractivity contribution in [2.75, 3.05) is 0 Å². The maximum atomic E-state index is 5.89. The highest BCUT2D eigenvalue weighted by Crippen LogP contribution is 2.39. The van der Waals surface area contributed by atoms with E-state index in [-0.39, 0.29) is 0 Å². The summed E-state index contributed by atoms with van der Waals surface area (Å²) in [6.45, 7) is 4.11. The van der Waals surface area contributed by atoms with Gasteiger partial charge in [-0.15, -0.1) is 21.5 Å². The lowest BCUT2D eigenvalue weighted by Crippen LogP contribution is -1.82. The standard InChI is InChI=1S/C22H16N4OS2/c1-13-7-9-15(10-8-13)18-11-17-19(28-18)21(24-12-23-17)29-22-26-25-20(27-22)16-6-4-3-5-14(16)2/h3-12H,1-2H3. The first-order valence-corrected chi connectivity index (χ1v) is 10.7. The number of nitrogens with zero attached hydrogens (tertiary/aromatic N) is 4. The molecule has 0 saturated carbocycles. The highest BCUT2D eigenvalue weighted by molar-refractivity contribution is 7.99. The van der Waals surface area contributed by atoms with Crippen molar-refractivity contribution < 1.29 is 4.42 Å². The van der Waals surface area contributed by atoms with Gasteiger partial charge < -0.3 is 4.42 Å². The molecule has 0 unspecified atom stereocenters. The second-order valence-corrected chi connectivity index (χ2v) is 8.65. The number of fused-ring (bicyclic) bond motifs is 1. The number of thiophene rings is 1. The third-order valence-electron chi connectivity index (χ3n) is 4.58. The molecule has 2 aromatic carbocycles. The molecule has 142 valence electrons. The van der Waals surface area contributed by atoms with E-state index in [9.17, 15) is 0 Å². The quantitative estimate of drug-likeness (QED) is 0.326. The van der Waals surface area contributed by atoms with Crippen LogP contribution in [0.5, 0.6) is 0 Å². The first kappa shape index (κ1) is 18.0. The Labute approximate surface area is 175 Å². The Morgan fingerprint density at radius 1 is 0.931 bits per heavy atom. The molecule has 0 saturated heterocycles. The summed E-state index contributed by atoms with van der Waals surface area (Å²) in [5, 5.41) is 9.69. The molecule has 3 heterocycles. The molecule has 5 rings (SSSR count). The molecule has 0 spiro atoms. The van der Waals surface area contributed by atoms with Gasteiger partial charge in [-0.25, -0.2) is 9.97 Å². The van der Waals surface area contributed by atoms with Crippen LogP contribution in [0.1, 0.15) is 11.1 Å². The minimum absolute atomic E-state index is 0.466. The number of hydrogen-bond acceptors (Lipinski definition) is 7. The third kappa shape index (κ3) is 3.54. The van der Waals surface area contributed by atoms with Crippen molar-refractivity contribution in [3.63, 3.8) is 0 Å². The van der Waals surface area contributed by atoms with Crippen LogP contribution in [-0.4, -0.2) is 20.2 Å². The maximum absolute atomic E-state index is 5.89. The lowest BCUT2D eigenvalue weighted by atomic mass is 10.1. The molecule has 29 heavy (non-hydrogen) atoms. The number of aryl methyl sites for hydroxylation is 2. The summed E-state index contributed by atoms with van der Waals surface area (Å²) in [5.41, 5.74) is 5.37. The van der Waals surface area contributed by atoms with Crippen molar-refractivity contribution in [2.24, 2.45) is 0 Å². The van der Waals surface area contributed by atoms with Gasteiger partial charge in [0.1, 0.15) is 11.4 Å². The molecule has 0 atom stereocenters. The molecule has 0 amide bonds. The maximum Gasteiger partial charge on any atom is 0.283 e. The summed E-state index contributed by atoms with van der Waals surface area (Å²) in [6.07, 6.45) is 1.58. The van der Waals surface area contributed by atoms with Gasteiger partial charge in [0.05, 0.1) is 10.2 Å². The van der Waals surface area contributed by atoms with Gasteiger partial charge in [0.2, 0.25) is 5.89 Å². The molecular weight excluding hydrogens is 400 g/mol. The van der Waals surface area contributed by atoms with Gasteiger partial charge in [0, 0.05) is 10.4 Å². The lowest BCUT2D eigenvalue weighted by Gasteiger charge is -1.99. The molecule has 7 heteroatoms. The van der Waals surface area contributed by atoms with Crippen LogP contribution in [0.25, 0.3) is 32.1 Å². The second kappa shape index (κ2) is 7.42. The first-order chi connectivity index (χ1) is 14.2. The fourth-order valence-corrected chi connectivity index (χ4v) is 4.94. The van der Waals surface area contributed by atoms with Crippen LogP contribution in [0, 0.1) is 13.8 Å². The fraction of sp³-hybridized carbons (Fsp3) is 0.0909. The van der Waals surface area contributed by atoms with Gasteiger partial charge >= 0.3 is 0 Å². The minimum atomic E-state index is 0.466. The van der Waals surface area contributed by atoms with E-state index in [1.807, 2.05) is 31.2 Å². The van der Waals surface area contributed by atoms with E-state index in [4.69, 9.17) is 4.42 Å². The Balaban J connectivity index is 1.48. The van der Waals surface area contributed by atoms with E-state index in [0.29, 0.717) is 11.1 Å². The number of rotatable bonds is 4. The Morgan fingerprint density at radius 3 is 2.59 bits per heavy atom. The van der Waals surface area contributed by atoms with Crippen molar-refractivity contribution in [1.29, 1.82) is 0 Å². The predicted octanol–water partition coefficient (Wildman–Crippen LogP) is 6.18. The molecule has 0 bridgehead atoms. The monoisotopic (exact) mass is 416 g/mol. The molecule has 5 aromatic rings. The van der Waals surface area contributed by atoms with E-state index in [1.165, 1.54) is 22.9 Å². The molecule has 0 radical (unpaired) electrons. The molecule has 5 nitrogen and oxygen atoms in total. The molecule has 0 aliphatic carbocycles. The minimum Gasteiger partial charge on any atom is -0.411 e. The Kier molecular flexibility index (Phi) is 4.61. The van der Waals surface area contributed by atoms with Crippen LogP contribution in [0.2, 0.25) is 0 Å². The zero-order chi connectivity index (χ0) is 19.8. The van der Waals surface area contributed by atoms with Crippen LogP contribution in [-0.2, 0) is 0 Å². The zero-order valence-corrected chi connectivity index (χ0v) is 17.4. The van der Waals surface area contributed by atoms with E-state index < -0.39 is 0 Å². The molecule has 0 fully saturated rings. The Bertz CT molecular complexity index is 1310. The van der Waals surface area contributed by atoms with Crippen LogP contribution in [0.4, 0.5) is 0 Å². The summed E-state index contributed by atoms with van der Waals surface area (Å²) in [4.78, 5) is 10.0. The third-order valence-corrected chi connectivity index (χ3v) is 6.73. The summed E-state index contributed by atoms with van der Waals surface area (Å²) in [5.74, 6) is 0.516. The average Bonchev–Trinajstić information content (AvgIpc) is 3.37. The molecule has 0 aliphatic rings. The molecule has 3 aromatic heterocycles. The van der Waals surface area contributed by atoms with E-state index in [2.05, 4.69) is 57.4 Å². The van der Waals surface area contributed by atoms with Gasteiger partial charge in [0.25, 0.3) is 5.22 Å². The van der Waals surface area contributed by atoms with Gasteiger partial charge in [0.15, 0.2) is 0 Å². The topological polar surface area (TPSA) is 64.7 Å². The van der Waals surface area contributed by atoms with Crippen LogP contribution in [0.15, 0.2) is 75.6 Å². The Morgan fingerprint density at radius 2 is 1.76 bits per heavy atom. The molecule has 0 N–H and O–H groups in total. The SMILES string of the molecule is Cc1ccc(-c2cc3ncnc(Sc4nnc(-c5ccccc5C)o4)c3s2)cc1. The normalized spacial score (nSPS) is 11.2. The first-order valence-electron chi connectivity index (χ1n) is 9.06. The van der Waals surface area contributed by atoms with Crippen molar-refractivity contribution in [3.05, 3.63) is 72.1 Å². The van der Waals surface area contributed by atoms with Crippen LogP contribution in [0.3, 0.4) is 0 Å². The lowest BCUT2D eigenvalue weighted by molar-refractivity contribution is 0.465. The van der Waals surface area contributed by atoms with E-state index in [1.54, 1.807) is 17.7 Å².